The lowest BCUT2D eigenvalue weighted by Gasteiger charge is -2.19. The van der Waals surface area contributed by atoms with E-state index in [1.807, 2.05) is 30.3 Å². The zero-order chi connectivity index (χ0) is 16.8. The van der Waals surface area contributed by atoms with Crippen molar-refractivity contribution in [2.45, 2.75) is 6.04 Å². The van der Waals surface area contributed by atoms with E-state index in [-0.39, 0.29) is 18.3 Å². The molecule has 0 saturated heterocycles. The van der Waals surface area contributed by atoms with Crippen LogP contribution < -0.4 is 10.1 Å². The lowest BCUT2D eigenvalue weighted by molar-refractivity contribution is 0.0924. The number of hydrogen-bond acceptors (Lipinski definition) is 5. The van der Waals surface area contributed by atoms with Gasteiger partial charge in [-0.1, -0.05) is 47.0 Å². The number of nitrogens with zero attached hydrogens (tertiary/aromatic N) is 2. The highest BCUT2D eigenvalue weighted by Crippen LogP contribution is 2.20. The zero-order valence-electron chi connectivity index (χ0n) is 12.6. The van der Waals surface area contributed by atoms with Gasteiger partial charge in [0.2, 0.25) is 0 Å². The van der Waals surface area contributed by atoms with E-state index in [9.17, 15) is 9.18 Å². The van der Waals surface area contributed by atoms with Crippen LogP contribution >= 0.6 is 11.5 Å². The smallest absolute Gasteiger partial charge is 0.265 e. The molecule has 0 radical (unpaired) electrons. The standard InChI is InChI=1S/C17H14FN3O2S/c18-13-8-4-5-9-15(13)23-11-14(12-6-2-1-3-7-12)20-17(22)16-10-19-21-24-16/h1-10,14H,11H2,(H,20,22). The van der Waals surface area contributed by atoms with Gasteiger partial charge < -0.3 is 10.1 Å². The maximum absolute atomic E-state index is 13.7. The van der Waals surface area contributed by atoms with Crippen LogP contribution in [-0.2, 0) is 0 Å². The van der Waals surface area contributed by atoms with Crippen molar-refractivity contribution in [3.05, 3.63) is 77.1 Å². The predicted molar refractivity (Wildman–Crippen MR) is 88.5 cm³/mol. The highest BCUT2D eigenvalue weighted by molar-refractivity contribution is 7.07. The van der Waals surface area contributed by atoms with E-state index in [2.05, 4.69) is 14.9 Å². The molecule has 1 atom stereocenters. The normalized spacial score (nSPS) is 11.7. The van der Waals surface area contributed by atoms with E-state index >= 15 is 0 Å². The van der Waals surface area contributed by atoms with Crippen molar-refractivity contribution in [2.75, 3.05) is 6.61 Å². The second-order valence-corrected chi connectivity index (χ2v) is 5.75. The van der Waals surface area contributed by atoms with Gasteiger partial charge in [0.25, 0.3) is 5.91 Å². The molecule has 1 aromatic heterocycles. The van der Waals surface area contributed by atoms with Crippen LogP contribution in [0.15, 0.2) is 60.8 Å². The summed E-state index contributed by atoms with van der Waals surface area (Å²) in [5, 5.41) is 6.52. The predicted octanol–water partition coefficient (Wildman–Crippen LogP) is 3.23. The third-order valence-electron chi connectivity index (χ3n) is 3.33. The fourth-order valence-corrected chi connectivity index (χ4v) is 2.56. The molecule has 24 heavy (non-hydrogen) atoms. The number of halogens is 1. The Morgan fingerprint density at radius 3 is 2.62 bits per heavy atom. The summed E-state index contributed by atoms with van der Waals surface area (Å²) < 4.78 is 22.9. The summed E-state index contributed by atoms with van der Waals surface area (Å²) in [6, 6.07) is 15.1. The lowest BCUT2D eigenvalue weighted by atomic mass is 10.1. The zero-order valence-corrected chi connectivity index (χ0v) is 13.4. The Morgan fingerprint density at radius 2 is 1.92 bits per heavy atom. The second-order valence-electron chi connectivity index (χ2n) is 4.96. The molecule has 1 heterocycles. The maximum atomic E-state index is 13.7. The topological polar surface area (TPSA) is 64.1 Å². The molecule has 1 N–H and O–H groups in total. The molecule has 0 spiro atoms. The van der Waals surface area contributed by atoms with E-state index in [1.165, 1.54) is 12.3 Å². The van der Waals surface area contributed by atoms with Gasteiger partial charge >= 0.3 is 0 Å². The Balaban J connectivity index is 1.75. The summed E-state index contributed by atoms with van der Waals surface area (Å²) in [6.07, 6.45) is 1.40. The first-order chi connectivity index (χ1) is 11.7. The van der Waals surface area contributed by atoms with Crippen LogP contribution in [0.1, 0.15) is 21.3 Å². The van der Waals surface area contributed by atoms with Crippen LogP contribution in [0.2, 0.25) is 0 Å². The van der Waals surface area contributed by atoms with E-state index in [4.69, 9.17) is 4.74 Å². The minimum absolute atomic E-state index is 0.100. The van der Waals surface area contributed by atoms with Gasteiger partial charge in [-0.2, -0.15) is 0 Å². The molecule has 2 aromatic carbocycles. The van der Waals surface area contributed by atoms with Crippen molar-refractivity contribution in [3.63, 3.8) is 0 Å². The summed E-state index contributed by atoms with van der Waals surface area (Å²) in [4.78, 5) is 12.7. The Kier molecular flexibility index (Phi) is 5.12. The molecule has 7 heteroatoms. The highest BCUT2D eigenvalue weighted by Gasteiger charge is 2.18. The minimum atomic E-state index is -0.442. The van der Waals surface area contributed by atoms with Crippen molar-refractivity contribution < 1.29 is 13.9 Å². The van der Waals surface area contributed by atoms with E-state index < -0.39 is 11.9 Å². The number of carbonyl (C=O) groups is 1. The van der Waals surface area contributed by atoms with Crippen molar-refractivity contribution in [1.29, 1.82) is 0 Å². The largest absolute Gasteiger partial charge is 0.488 e. The minimum Gasteiger partial charge on any atom is -0.488 e. The van der Waals surface area contributed by atoms with Gasteiger partial charge in [0.1, 0.15) is 11.5 Å². The number of carbonyl (C=O) groups excluding carboxylic acids is 1. The Labute approximate surface area is 142 Å². The Morgan fingerprint density at radius 1 is 1.17 bits per heavy atom. The van der Waals surface area contributed by atoms with E-state index in [0.29, 0.717) is 4.88 Å². The van der Waals surface area contributed by atoms with Crippen LogP contribution in [-0.4, -0.2) is 22.1 Å². The summed E-state index contributed by atoms with van der Waals surface area (Å²) in [5.74, 6) is -0.592. The van der Waals surface area contributed by atoms with Crippen LogP contribution in [0, 0.1) is 5.82 Å². The van der Waals surface area contributed by atoms with Crippen LogP contribution in [0.25, 0.3) is 0 Å². The van der Waals surface area contributed by atoms with Crippen LogP contribution in [0.3, 0.4) is 0 Å². The monoisotopic (exact) mass is 343 g/mol. The molecular weight excluding hydrogens is 329 g/mol. The molecule has 0 fully saturated rings. The van der Waals surface area contributed by atoms with Crippen LogP contribution in [0.4, 0.5) is 4.39 Å². The molecule has 0 aliphatic heterocycles. The molecular formula is C17H14FN3O2S. The molecule has 1 unspecified atom stereocenters. The maximum Gasteiger partial charge on any atom is 0.265 e. The molecule has 3 aromatic rings. The third kappa shape index (κ3) is 3.94. The number of nitrogens with one attached hydrogen (secondary N) is 1. The Hall–Kier alpha value is -2.80. The van der Waals surface area contributed by atoms with Gasteiger partial charge in [0.15, 0.2) is 11.6 Å². The van der Waals surface area contributed by atoms with Gasteiger partial charge in [0.05, 0.1) is 12.2 Å². The van der Waals surface area contributed by atoms with Crippen LogP contribution in [0.5, 0.6) is 5.75 Å². The van der Waals surface area contributed by atoms with Gasteiger partial charge in [-0.05, 0) is 29.2 Å². The lowest BCUT2D eigenvalue weighted by Crippen LogP contribution is -2.32. The number of ether oxygens (including phenoxy) is 1. The average molecular weight is 343 g/mol. The number of aromatic nitrogens is 2. The molecule has 1 amide bonds. The van der Waals surface area contributed by atoms with E-state index in [1.54, 1.807) is 18.2 Å². The Bertz CT molecular complexity index is 797. The molecule has 122 valence electrons. The van der Waals surface area contributed by atoms with Gasteiger partial charge in [-0.25, -0.2) is 4.39 Å². The summed E-state index contributed by atoms with van der Waals surface area (Å²) in [5.41, 5.74) is 0.861. The second kappa shape index (κ2) is 7.65. The molecule has 5 nitrogen and oxygen atoms in total. The van der Waals surface area contributed by atoms with Gasteiger partial charge in [0, 0.05) is 0 Å². The van der Waals surface area contributed by atoms with Crippen molar-refractivity contribution in [3.8, 4) is 5.75 Å². The summed E-state index contributed by atoms with van der Waals surface area (Å²) in [7, 11) is 0. The quantitative estimate of drug-likeness (QED) is 0.746. The van der Waals surface area contributed by atoms with Crippen molar-refractivity contribution in [1.82, 2.24) is 14.9 Å². The van der Waals surface area contributed by atoms with E-state index in [0.717, 1.165) is 17.1 Å². The van der Waals surface area contributed by atoms with Crippen molar-refractivity contribution in [2.24, 2.45) is 0 Å². The first kappa shape index (κ1) is 16.1. The molecule has 3 rings (SSSR count). The third-order valence-corrected chi connectivity index (χ3v) is 4.00. The number of amides is 1. The SMILES string of the molecule is O=C(NC(COc1ccccc1F)c1ccccc1)c1cnns1. The summed E-state index contributed by atoms with van der Waals surface area (Å²) in [6.45, 7) is 0.100. The molecule has 0 aliphatic carbocycles. The van der Waals surface area contributed by atoms with Crippen molar-refractivity contribution >= 4 is 17.4 Å². The molecule has 0 aliphatic rings. The number of hydrogen-bond donors (Lipinski definition) is 1. The molecule has 0 saturated carbocycles. The number of benzene rings is 2. The highest BCUT2D eigenvalue weighted by atomic mass is 32.1. The molecule has 0 bridgehead atoms. The van der Waals surface area contributed by atoms with Gasteiger partial charge in [-0.3, -0.25) is 4.79 Å². The average Bonchev–Trinajstić information content (AvgIpc) is 3.15. The fraction of sp³-hybridized carbons (Fsp3) is 0.118. The number of rotatable bonds is 6. The first-order valence-corrected chi connectivity index (χ1v) is 8.02. The number of para-hydroxylation sites is 1. The first-order valence-electron chi connectivity index (χ1n) is 7.24. The fourth-order valence-electron chi connectivity index (χ4n) is 2.14. The van der Waals surface area contributed by atoms with Gasteiger partial charge in [-0.15, -0.1) is 5.10 Å². The summed E-state index contributed by atoms with van der Waals surface area (Å²) >= 11 is 1.01.